The Kier molecular flexibility index (Phi) is 5.22. The summed E-state index contributed by atoms with van der Waals surface area (Å²) in [6, 6.07) is 12.5. The number of rotatable bonds is 5. The molecule has 0 bridgehead atoms. The van der Waals surface area contributed by atoms with Crippen molar-refractivity contribution in [3.05, 3.63) is 52.5 Å². The molecular formula is C16H16BrNO3. The van der Waals surface area contributed by atoms with Gasteiger partial charge in [-0.15, -0.1) is 0 Å². The Labute approximate surface area is 132 Å². The van der Waals surface area contributed by atoms with Crippen LogP contribution in [0, 0.1) is 0 Å². The van der Waals surface area contributed by atoms with Crippen LogP contribution >= 0.6 is 15.9 Å². The van der Waals surface area contributed by atoms with E-state index in [-0.39, 0.29) is 5.91 Å². The van der Waals surface area contributed by atoms with Crippen LogP contribution in [0.1, 0.15) is 17.3 Å². The van der Waals surface area contributed by atoms with Gasteiger partial charge in [-0.25, -0.2) is 0 Å². The summed E-state index contributed by atoms with van der Waals surface area (Å²) < 4.78 is 11.6. The largest absolute Gasteiger partial charge is 0.493 e. The van der Waals surface area contributed by atoms with E-state index in [9.17, 15) is 4.79 Å². The number of halogens is 1. The Morgan fingerprint density at radius 3 is 2.67 bits per heavy atom. The summed E-state index contributed by atoms with van der Waals surface area (Å²) in [6.07, 6.45) is 0. The molecule has 2 aromatic carbocycles. The van der Waals surface area contributed by atoms with Crippen molar-refractivity contribution in [1.29, 1.82) is 0 Å². The maximum absolute atomic E-state index is 12.2. The fourth-order valence-corrected chi connectivity index (χ4v) is 2.25. The van der Waals surface area contributed by atoms with Crippen molar-refractivity contribution in [2.24, 2.45) is 0 Å². The van der Waals surface area contributed by atoms with Crippen LogP contribution in [-0.2, 0) is 0 Å². The van der Waals surface area contributed by atoms with Gasteiger partial charge in [0.1, 0.15) is 0 Å². The van der Waals surface area contributed by atoms with Gasteiger partial charge in [0.05, 0.1) is 13.7 Å². The van der Waals surface area contributed by atoms with Gasteiger partial charge in [0.25, 0.3) is 5.91 Å². The van der Waals surface area contributed by atoms with Crippen molar-refractivity contribution in [3.8, 4) is 11.5 Å². The van der Waals surface area contributed by atoms with E-state index in [1.165, 1.54) is 0 Å². The van der Waals surface area contributed by atoms with Gasteiger partial charge in [-0.3, -0.25) is 4.79 Å². The molecule has 1 N–H and O–H groups in total. The number of benzene rings is 2. The van der Waals surface area contributed by atoms with Crippen molar-refractivity contribution in [1.82, 2.24) is 0 Å². The third kappa shape index (κ3) is 3.98. The number of methoxy groups -OCH3 is 1. The van der Waals surface area contributed by atoms with Crippen molar-refractivity contribution >= 4 is 27.5 Å². The first-order valence-electron chi connectivity index (χ1n) is 6.51. The summed E-state index contributed by atoms with van der Waals surface area (Å²) in [4.78, 5) is 12.2. The molecule has 21 heavy (non-hydrogen) atoms. The standard InChI is InChI=1S/C16H16BrNO3/c1-3-21-14-8-7-13(10-15(14)20-2)18-16(19)11-5-4-6-12(17)9-11/h4-10H,3H2,1-2H3,(H,18,19). The molecule has 4 nitrogen and oxygen atoms in total. The number of hydrogen-bond donors (Lipinski definition) is 1. The maximum Gasteiger partial charge on any atom is 0.255 e. The molecule has 0 saturated carbocycles. The van der Waals surface area contributed by atoms with Gasteiger partial charge in [0, 0.05) is 21.8 Å². The lowest BCUT2D eigenvalue weighted by Gasteiger charge is -2.12. The average Bonchev–Trinajstić information content (AvgIpc) is 2.49. The van der Waals surface area contributed by atoms with Crippen LogP contribution in [0.4, 0.5) is 5.69 Å². The number of anilines is 1. The molecule has 110 valence electrons. The number of amides is 1. The van der Waals surface area contributed by atoms with Crippen LogP contribution in [0.15, 0.2) is 46.9 Å². The van der Waals surface area contributed by atoms with Crippen LogP contribution in [0.3, 0.4) is 0 Å². The van der Waals surface area contributed by atoms with E-state index < -0.39 is 0 Å². The maximum atomic E-state index is 12.2. The molecule has 0 radical (unpaired) electrons. The minimum Gasteiger partial charge on any atom is -0.493 e. The predicted molar refractivity (Wildman–Crippen MR) is 86.3 cm³/mol. The van der Waals surface area contributed by atoms with E-state index in [0.717, 1.165) is 4.47 Å². The summed E-state index contributed by atoms with van der Waals surface area (Å²) in [5, 5.41) is 2.83. The minimum atomic E-state index is -0.178. The topological polar surface area (TPSA) is 47.6 Å². The molecule has 0 fully saturated rings. The molecule has 0 spiro atoms. The summed E-state index contributed by atoms with van der Waals surface area (Å²) in [5.41, 5.74) is 1.23. The molecule has 2 aromatic rings. The summed E-state index contributed by atoms with van der Waals surface area (Å²) >= 11 is 3.35. The van der Waals surface area contributed by atoms with Crippen molar-refractivity contribution in [2.45, 2.75) is 6.92 Å². The molecule has 0 unspecified atom stereocenters. The first-order valence-corrected chi connectivity index (χ1v) is 7.31. The van der Waals surface area contributed by atoms with Crippen LogP contribution in [-0.4, -0.2) is 19.6 Å². The molecule has 0 aliphatic rings. The first-order chi connectivity index (χ1) is 10.1. The lowest BCUT2D eigenvalue weighted by molar-refractivity contribution is 0.102. The van der Waals surface area contributed by atoms with Gasteiger partial charge in [-0.2, -0.15) is 0 Å². The number of carbonyl (C=O) groups excluding carboxylic acids is 1. The zero-order valence-corrected chi connectivity index (χ0v) is 13.4. The molecular weight excluding hydrogens is 334 g/mol. The smallest absolute Gasteiger partial charge is 0.255 e. The third-order valence-electron chi connectivity index (χ3n) is 2.81. The van der Waals surface area contributed by atoms with Crippen LogP contribution in [0.25, 0.3) is 0 Å². The molecule has 1 amide bonds. The molecule has 0 aliphatic carbocycles. The summed E-state index contributed by atoms with van der Waals surface area (Å²) in [5.74, 6) is 1.06. The van der Waals surface area contributed by atoms with E-state index in [4.69, 9.17) is 9.47 Å². The van der Waals surface area contributed by atoms with Gasteiger partial charge in [-0.1, -0.05) is 22.0 Å². The Hall–Kier alpha value is -2.01. The molecule has 2 rings (SSSR count). The van der Waals surface area contributed by atoms with Gasteiger partial charge in [0.15, 0.2) is 11.5 Å². The highest BCUT2D eigenvalue weighted by Gasteiger charge is 2.09. The van der Waals surface area contributed by atoms with Gasteiger partial charge < -0.3 is 14.8 Å². The number of ether oxygens (including phenoxy) is 2. The third-order valence-corrected chi connectivity index (χ3v) is 3.30. The van der Waals surface area contributed by atoms with Crippen LogP contribution in [0.2, 0.25) is 0 Å². The monoisotopic (exact) mass is 349 g/mol. The van der Waals surface area contributed by atoms with Gasteiger partial charge in [0.2, 0.25) is 0 Å². The fourth-order valence-electron chi connectivity index (χ4n) is 1.85. The van der Waals surface area contributed by atoms with E-state index in [0.29, 0.717) is 29.4 Å². The molecule has 0 saturated heterocycles. The Morgan fingerprint density at radius 2 is 2.00 bits per heavy atom. The summed E-state index contributed by atoms with van der Waals surface area (Å²) in [6.45, 7) is 2.46. The van der Waals surface area contributed by atoms with E-state index in [1.54, 1.807) is 37.4 Å². The highest BCUT2D eigenvalue weighted by molar-refractivity contribution is 9.10. The molecule has 0 atom stereocenters. The van der Waals surface area contributed by atoms with Crippen molar-refractivity contribution in [3.63, 3.8) is 0 Å². The zero-order chi connectivity index (χ0) is 15.2. The molecule has 5 heteroatoms. The first kappa shape index (κ1) is 15.4. The van der Waals surface area contributed by atoms with Crippen LogP contribution in [0.5, 0.6) is 11.5 Å². The van der Waals surface area contributed by atoms with E-state index in [2.05, 4.69) is 21.2 Å². The predicted octanol–water partition coefficient (Wildman–Crippen LogP) is 4.11. The number of carbonyl (C=O) groups is 1. The normalized spacial score (nSPS) is 10.0. The second kappa shape index (κ2) is 7.13. The minimum absolute atomic E-state index is 0.178. The SMILES string of the molecule is CCOc1ccc(NC(=O)c2cccc(Br)c2)cc1OC. The van der Waals surface area contributed by atoms with Crippen molar-refractivity contribution in [2.75, 3.05) is 19.0 Å². The summed E-state index contributed by atoms with van der Waals surface area (Å²) in [7, 11) is 1.57. The highest BCUT2D eigenvalue weighted by atomic mass is 79.9. The Morgan fingerprint density at radius 1 is 1.19 bits per heavy atom. The van der Waals surface area contributed by atoms with Gasteiger partial charge in [-0.05, 0) is 37.3 Å². The molecule has 0 aliphatic heterocycles. The Balaban J connectivity index is 2.17. The molecule has 0 heterocycles. The van der Waals surface area contributed by atoms with Gasteiger partial charge >= 0.3 is 0 Å². The van der Waals surface area contributed by atoms with E-state index in [1.807, 2.05) is 19.1 Å². The Bertz CT molecular complexity index is 643. The quantitative estimate of drug-likeness (QED) is 0.883. The van der Waals surface area contributed by atoms with E-state index >= 15 is 0 Å². The lowest BCUT2D eigenvalue weighted by atomic mass is 10.2. The molecule has 0 aromatic heterocycles. The lowest BCUT2D eigenvalue weighted by Crippen LogP contribution is -2.11. The second-order valence-electron chi connectivity index (χ2n) is 4.26. The number of hydrogen-bond acceptors (Lipinski definition) is 3. The second-order valence-corrected chi connectivity index (χ2v) is 5.18. The number of nitrogens with one attached hydrogen (secondary N) is 1. The van der Waals surface area contributed by atoms with Crippen LogP contribution < -0.4 is 14.8 Å². The fraction of sp³-hybridized carbons (Fsp3) is 0.188. The van der Waals surface area contributed by atoms with Crippen molar-refractivity contribution < 1.29 is 14.3 Å². The zero-order valence-electron chi connectivity index (χ0n) is 11.9. The average molecular weight is 350 g/mol. The highest BCUT2D eigenvalue weighted by Crippen LogP contribution is 2.30.